The van der Waals surface area contributed by atoms with Crippen LogP contribution in [0.2, 0.25) is 0 Å². The maximum Gasteiger partial charge on any atom is 0.303 e. The third-order valence-electron chi connectivity index (χ3n) is 3.89. The Bertz CT molecular complexity index is 808. The lowest BCUT2D eigenvalue weighted by molar-refractivity contribution is -0.385. The van der Waals surface area contributed by atoms with Crippen LogP contribution >= 0.6 is 0 Å². The monoisotopic (exact) mass is 357 g/mol. The van der Waals surface area contributed by atoms with Crippen LogP contribution in [0.25, 0.3) is 0 Å². The summed E-state index contributed by atoms with van der Waals surface area (Å²) in [6.45, 7) is 1.59. The first-order chi connectivity index (χ1) is 12.4. The summed E-state index contributed by atoms with van der Waals surface area (Å²) in [4.78, 5) is 37.6. The number of carboxylic acids is 1. The maximum atomic E-state index is 12.6. The smallest absolute Gasteiger partial charge is 0.303 e. The molecule has 0 aliphatic heterocycles. The van der Waals surface area contributed by atoms with E-state index in [9.17, 15) is 19.7 Å². The minimum absolute atomic E-state index is 0.0933. The molecule has 8 nitrogen and oxygen atoms in total. The van der Waals surface area contributed by atoms with E-state index in [0.29, 0.717) is 12.1 Å². The molecular weight excluding hydrogens is 338 g/mol. The zero-order chi connectivity index (χ0) is 19.1. The highest BCUT2D eigenvalue weighted by atomic mass is 16.6. The van der Waals surface area contributed by atoms with Gasteiger partial charge in [0, 0.05) is 18.5 Å². The number of benzene rings is 1. The third-order valence-corrected chi connectivity index (χ3v) is 3.89. The molecule has 0 aliphatic carbocycles. The first kappa shape index (κ1) is 19.0. The highest BCUT2D eigenvalue weighted by Gasteiger charge is 2.20. The number of carbonyl (C=O) groups excluding carboxylic acids is 1. The molecule has 136 valence electrons. The molecular formula is C18H19N3O5. The summed E-state index contributed by atoms with van der Waals surface area (Å²) in [6.07, 6.45) is 1.71. The van der Waals surface area contributed by atoms with Gasteiger partial charge in [-0.1, -0.05) is 30.3 Å². The third kappa shape index (κ3) is 5.37. The van der Waals surface area contributed by atoms with E-state index in [1.807, 2.05) is 30.3 Å². The quantitative estimate of drug-likeness (QED) is 0.553. The average molecular weight is 357 g/mol. The van der Waals surface area contributed by atoms with Crippen molar-refractivity contribution in [2.24, 2.45) is 0 Å². The van der Waals surface area contributed by atoms with Gasteiger partial charge in [-0.25, -0.2) is 0 Å². The van der Waals surface area contributed by atoms with Gasteiger partial charge in [-0.3, -0.25) is 24.7 Å². The Balaban J connectivity index is 2.18. The van der Waals surface area contributed by atoms with Crippen LogP contribution in [-0.4, -0.2) is 32.9 Å². The fourth-order valence-corrected chi connectivity index (χ4v) is 2.54. The summed E-state index contributed by atoms with van der Waals surface area (Å²) in [7, 11) is 0. The number of aliphatic carboxylic acids is 1. The predicted molar refractivity (Wildman–Crippen MR) is 93.9 cm³/mol. The van der Waals surface area contributed by atoms with E-state index in [0.717, 1.165) is 11.8 Å². The van der Waals surface area contributed by atoms with Crippen LogP contribution in [0, 0.1) is 17.0 Å². The van der Waals surface area contributed by atoms with E-state index in [-0.39, 0.29) is 24.1 Å². The van der Waals surface area contributed by atoms with Crippen LogP contribution in [0.1, 0.15) is 34.5 Å². The Hall–Kier alpha value is -3.29. The maximum absolute atomic E-state index is 12.6. The number of carbonyl (C=O) groups is 2. The van der Waals surface area contributed by atoms with Crippen molar-refractivity contribution in [3.63, 3.8) is 0 Å². The highest BCUT2D eigenvalue weighted by Crippen LogP contribution is 2.16. The molecule has 0 spiro atoms. The molecule has 0 radical (unpaired) electrons. The molecule has 26 heavy (non-hydrogen) atoms. The summed E-state index contributed by atoms with van der Waals surface area (Å²) in [5.41, 5.74) is 1.15. The van der Waals surface area contributed by atoms with Gasteiger partial charge in [0.15, 0.2) is 0 Å². The molecule has 2 aromatic rings. The Labute approximate surface area is 150 Å². The van der Waals surface area contributed by atoms with Crippen molar-refractivity contribution in [2.75, 3.05) is 0 Å². The van der Waals surface area contributed by atoms with Gasteiger partial charge in [0.1, 0.15) is 6.20 Å². The number of carboxylic acid groups (broad SMARTS) is 1. The van der Waals surface area contributed by atoms with Gasteiger partial charge < -0.3 is 10.4 Å². The zero-order valence-corrected chi connectivity index (χ0v) is 14.2. The molecule has 2 N–H and O–H groups in total. The number of aromatic nitrogens is 1. The number of rotatable bonds is 8. The summed E-state index contributed by atoms with van der Waals surface area (Å²) < 4.78 is 0. The van der Waals surface area contributed by atoms with Crippen molar-refractivity contribution >= 4 is 17.6 Å². The molecule has 1 heterocycles. The van der Waals surface area contributed by atoms with Gasteiger partial charge in [-0.05, 0) is 25.3 Å². The van der Waals surface area contributed by atoms with E-state index in [2.05, 4.69) is 10.3 Å². The van der Waals surface area contributed by atoms with Crippen molar-refractivity contribution in [1.29, 1.82) is 0 Å². The van der Waals surface area contributed by atoms with Gasteiger partial charge >= 0.3 is 5.97 Å². The van der Waals surface area contributed by atoms with Crippen molar-refractivity contribution in [3.05, 3.63) is 69.5 Å². The molecule has 1 aromatic heterocycles. The first-order valence-corrected chi connectivity index (χ1v) is 8.04. The minimum atomic E-state index is -0.953. The molecule has 1 amide bonds. The van der Waals surface area contributed by atoms with E-state index < -0.39 is 22.8 Å². The number of hydrogen-bond donors (Lipinski definition) is 2. The Kier molecular flexibility index (Phi) is 6.37. The fraction of sp³-hybridized carbons (Fsp3) is 0.278. The summed E-state index contributed by atoms with van der Waals surface area (Å²) in [6, 6.07) is 10.1. The molecule has 0 saturated carbocycles. The Morgan fingerprint density at radius 3 is 2.62 bits per heavy atom. The molecule has 2 rings (SSSR count). The van der Waals surface area contributed by atoms with Crippen LogP contribution in [0.3, 0.4) is 0 Å². The number of aryl methyl sites for hydroxylation is 1. The Morgan fingerprint density at radius 1 is 1.31 bits per heavy atom. The fourth-order valence-electron chi connectivity index (χ4n) is 2.54. The molecule has 1 atom stereocenters. The molecule has 8 heteroatoms. The SMILES string of the molecule is Cc1ncc([N+](=O)[O-])cc1C(=O)NC(CCC(=O)O)Cc1ccccc1. The lowest BCUT2D eigenvalue weighted by atomic mass is 10.0. The van der Waals surface area contributed by atoms with Gasteiger partial charge in [0.2, 0.25) is 0 Å². The Morgan fingerprint density at radius 2 is 2.00 bits per heavy atom. The summed E-state index contributed by atoms with van der Waals surface area (Å²) in [5, 5.41) is 22.6. The number of amides is 1. The van der Waals surface area contributed by atoms with Gasteiger partial charge in [-0.15, -0.1) is 0 Å². The number of nitrogens with one attached hydrogen (secondary N) is 1. The first-order valence-electron chi connectivity index (χ1n) is 8.04. The second-order valence-electron chi connectivity index (χ2n) is 5.88. The van der Waals surface area contributed by atoms with E-state index in [1.54, 1.807) is 6.92 Å². The van der Waals surface area contributed by atoms with Crippen LogP contribution in [0.4, 0.5) is 5.69 Å². The molecule has 0 saturated heterocycles. The van der Waals surface area contributed by atoms with Crippen molar-refractivity contribution in [1.82, 2.24) is 10.3 Å². The molecule has 1 aromatic carbocycles. The summed E-state index contributed by atoms with van der Waals surface area (Å²) >= 11 is 0. The van der Waals surface area contributed by atoms with Crippen LogP contribution < -0.4 is 5.32 Å². The molecule has 1 unspecified atom stereocenters. The van der Waals surface area contributed by atoms with Crippen LogP contribution in [0.5, 0.6) is 0 Å². The standard InChI is InChI=1S/C18H19N3O5/c1-12-16(10-15(11-19-12)21(25)26)18(24)20-14(7-8-17(22)23)9-13-5-3-2-4-6-13/h2-6,10-11,14H,7-9H2,1H3,(H,20,24)(H,22,23). The summed E-state index contributed by atoms with van der Waals surface area (Å²) in [5.74, 6) is -1.46. The van der Waals surface area contributed by atoms with Gasteiger partial charge in [-0.2, -0.15) is 0 Å². The topological polar surface area (TPSA) is 122 Å². The van der Waals surface area contributed by atoms with Crippen molar-refractivity contribution < 1.29 is 19.6 Å². The van der Waals surface area contributed by atoms with Gasteiger partial charge in [0.25, 0.3) is 11.6 Å². The second kappa shape index (κ2) is 8.70. The van der Waals surface area contributed by atoms with Crippen molar-refractivity contribution in [2.45, 2.75) is 32.2 Å². The number of nitrogens with zero attached hydrogens (tertiary/aromatic N) is 2. The highest BCUT2D eigenvalue weighted by molar-refractivity contribution is 5.96. The number of pyridine rings is 1. The second-order valence-corrected chi connectivity index (χ2v) is 5.88. The normalized spacial score (nSPS) is 11.6. The lowest BCUT2D eigenvalue weighted by Crippen LogP contribution is -2.37. The lowest BCUT2D eigenvalue weighted by Gasteiger charge is -2.19. The average Bonchev–Trinajstić information content (AvgIpc) is 2.60. The zero-order valence-electron chi connectivity index (χ0n) is 14.2. The minimum Gasteiger partial charge on any atom is -0.481 e. The van der Waals surface area contributed by atoms with Crippen molar-refractivity contribution in [3.8, 4) is 0 Å². The van der Waals surface area contributed by atoms with E-state index in [4.69, 9.17) is 5.11 Å². The largest absolute Gasteiger partial charge is 0.481 e. The number of nitro groups is 1. The van der Waals surface area contributed by atoms with Crippen LogP contribution in [0.15, 0.2) is 42.6 Å². The molecule has 0 fully saturated rings. The van der Waals surface area contributed by atoms with Crippen LogP contribution in [-0.2, 0) is 11.2 Å². The van der Waals surface area contributed by atoms with Gasteiger partial charge in [0.05, 0.1) is 16.2 Å². The van der Waals surface area contributed by atoms with E-state index in [1.165, 1.54) is 6.07 Å². The molecule has 0 aliphatic rings. The van der Waals surface area contributed by atoms with E-state index >= 15 is 0 Å². The number of hydrogen-bond acceptors (Lipinski definition) is 5. The predicted octanol–water partition coefficient (Wildman–Crippen LogP) is 2.50. The molecule has 0 bridgehead atoms.